The summed E-state index contributed by atoms with van der Waals surface area (Å²) in [5, 5.41) is 11.8. The Bertz CT molecular complexity index is 1480. The van der Waals surface area contributed by atoms with Crippen molar-refractivity contribution >= 4 is 17.7 Å². The molecule has 2 heterocycles. The lowest BCUT2D eigenvalue weighted by Gasteiger charge is -2.18. The number of hydrogen-bond acceptors (Lipinski definition) is 6. The minimum atomic E-state index is -4.81. The fraction of sp³-hybridized carbons (Fsp3) is 0.240. The first kappa shape index (κ1) is 25.2. The van der Waals surface area contributed by atoms with Crippen molar-refractivity contribution in [3.05, 3.63) is 65.2 Å². The largest absolute Gasteiger partial charge is 0.586 e. The molecule has 1 aliphatic carbocycles. The van der Waals surface area contributed by atoms with Gasteiger partial charge in [-0.25, -0.2) is 9.78 Å². The predicted octanol–water partition coefficient (Wildman–Crippen LogP) is 5.96. The van der Waals surface area contributed by atoms with E-state index in [2.05, 4.69) is 19.8 Å². The number of fused-ring (bicyclic) bond motifs is 1. The highest BCUT2D eigenvalue weighted by molar-refractivity contribution is 6.01. The van der Waals surface area contributed by atoms with Crippen LogP contribution in [0.15, 0.2) is 48.5 Å². The number of anilines is 1. The molecule has 0 bridgehead atoms. The number of nitrogens with one attached hydrogen (secondary N) is 1. The van der Waals surface area contributed by atoms with E-state index < -0.39 is 41.0 Å². The van der Waals surface area contributed by atoms with Gasteiger partial charge in [0.05, 0.1) is 23.8 Å². The molecule has 1 fully saturated rings. The highest BCUT2D eigenvalue weighted by Gasteiger charge is 2.53. The summed E-state index contributed by atoms with van der Waals surface area (Å²) in [6.45, 7) is 0. The van der Waals surface area contributed by atoms with Crippen LogP contribution in [-0.4, -0.2) is 35.4 Å². The first-order valence-electron chi connectivity index (χ1n) is 11.0. The smallest absolute Gasteiger partial charge is 0.496 e. The van der Waals surface area contributed by atoms with E-state index in [1.165, 1.54) is 25.3 Å². The van der Waals surface area contributed by atoms with Gasteiger partial charge in [-0.3, -0.25) is 4.79 Å². The Balaban J connectivity index is 0.00000220. The number of alkyl halides is 5. The summed E-state index contributed by atoms with van der Waals surface area (Å²) in [5.41, 5.74) is -2.76. The van der Waals surface area contributed by atoms with E-state index in [9.17, 15) is 36.6 Å². The standard InChI is InChI=1S/C25H17F5N2O6.2H2/c1-36-17-10-12(2-4-14(17)21(33)34)20-15(24(26,27)28)5-7-19(31-20)32-22(35)23(8-9-23)13-3-6-16-18(11-13)38-25(29,30)37-16;;/h2-7,10-11H,8-9H2,1H3,(H,33,34)(H,31,32,35);2*1H. The Labute approximate surface area is 213 Å². The zero-order chi connectivity index (χ0) is 27.5. The number of carbonyl (C=O) groups excluding carboxylic acids is 1. The summed E-state index contributed by atoms with van der Waals surface area (Å²) < 4.78 is 81.9. The Hall–Kier alpha value is -4.42. The molecule has 1 amide bonds. The Morgan fingerprint density at radius 2 is 1.76 bits per heavy atom. The van der Waals surface area contributed by atoms with Crippen LogP contribution >= 0.6 is 0 Å². The summed E-state index contributed by atoms with van der Waals surface area (Å²) in [4.78, 5) is 28.6. The van der Waals surface area contributed by atoms with E-state index in [-0.39, 0.29) is 37.0 Å². The number of nitrogens with zero attached hydrogens (tertiary/aromatic N) is 1. The van der Waals surface area contributed by atoms with E-state index >= 15 is 0 Å². The summed E-state index contributed by atoms with van der Waals surface area (Å²) in [6.07, 6.45) is -7.92. The monoisotopic (exact) mass is 540 g/mol. The van der Waals surface area contributed by atoms with Crippen LogP contribution in [0.4, 0.5) is 27.8 Å². The van der Waals surface area contributed by atoms with Gasteiger partial charge >= 0.3 is 18.4 Å². The van der Waals surface area contributed by atoms with Crippen LogP contribution in [-0.2, 0) is 16.4 Å². The van der Waals surface area contributed by atoms with Crippen molar-refractivity contribution in [2.75, 3.05) is 12.4 Å². The van der Waals surface area contributed by atoms with Crippen molar-refractivity contribution in [2.45, 2.75) is 30.7 Å². The zero-order valence-electron chi connectivity index (χ0n) is 19.4. The third-order valence-electron chi connectivity index (χ3n) is 6.29. The molecule has 13 heteroatoms. The number of aromatic nitrogens is 1. The summed E-state index contributed by atoms with van der Waals surface area (Å²) in [6, 6.07) is 9.05. The van der Waals surface area contributed by atoms with Gasteiger partial charge in [-0.15, -0.1) is 8.78 Å². The molecule has 0 unspecified atom stereocenters. The lowest BCUT2D eigenvalue weighted by molar-refractivity contribution is -0.286. The molecular formula is C25H21F5N2O6. The Morgan fingerprint density at radius 1 is 1.05 bits per heavy atom. The van der Waals surface area contributed by atoms with E-state index in [1.807, 2.05) is 0 Å². The van der Waals surface area contributed by atoms with Crippen molar-refractivity contribution < 1.29 is 53.7 Å². The number of hydrogen-bond donors (Lipinski definition) is 2. The molecule has 3 aromatic rings. The van der Waals surface area contributed by atoms with Crippen molar-refractivity contribution in [1.29, 1.82) is 0 Å². The number of aromatic carboxylic acids is 1. The van der Waals surface area contributed by atoms with Crippen LogP contribution in [0.25, 0.3) is 11.3 Å². The molecule has 1 aliphatic heterocycles. The highest BCUT2D eigenvalue weighted by atomic mass is 19.4. The fourth-order valence-electron chi connectivity index (χ4n) is 4.25. The fourth-order valence-corrected chi connectivity index (χ4v) is 4.25. The SMILES string of the molecule is COc1cc(-c2nc(NC(=O)C3(c4ccc5c(c4)OC(F)(F)O5)CC3)ccc2C(F)(F)F)ccc1C(=O)O.[HH].[HH]. The van der Waals surface area contributed by atoms with Crippen LogP contribution in [0.3, 0.4) is 0 Å². The maximum absolute atomic E-state index is 13.8. The van der Waals surface area contributed by atoms with Gasteiger partial charge in [0.15, 0.2) is 11.5 Å². The highest BCUT2D eigenvalue weighted by Crippen LogP contribution is 2.52. The Kier molecular flexibility index (Phi) is 5.69. The van der Waals surface area contributed by atoms with Gasteiger partial charge in [0, 0.05) is 8.42 Å². The first-order valence-corrected chi connectivity index (χ1v) is 11.0. The number of rotatable bonds is 6. The lowest BCUT2D eigenvalue weighted by Crippen LogP contribution is -2.28. The number of benzene rings is 2. The number of halogens is 5. The second-order valence-corrected chi connectivity index (χ2v) is 8.68. The molecule has 2 aromatic carbocycles. The van der Waals surface area contributed by atoms with Crippen LogP contribution < -0.4 is 19.5 Å². The van der Waals surface area contributed by atoms with Gasteiger partial charge in [0.2, 0.25) is 5.91 Å². The maximum atomic E-state index is 13.8. The maximum Gasteiger partial charge on any atom is 0.586 e. The van der Waals surface area contributed by atoms with Crippen molar-refractivity contribution in [1.82, 2.24) is 4.98 Å². The van der Waals surface area contributed by atoms with Gasteiger partial charge < -0.3 is 24.6 Å². The molecule has 0 atom stereocenters. The molecule has 8 nitrogen and oxygen atoms in total. The van der Waals surface area contributed by atoms with Crippen molar-refractivity contribution in [3.63, 3.8) is 0 Å². The summed E-state index contributed by atoms with van der Waals surface area (Å²) in [7, 11) is 1.17. The molecule has 5 rings (SSSR count). The molecule has 38 heavy (non-hydrogen) atoms. The number of amides is 1. The molecule has 2 aliphatic rings. The van der Waals surface area contributed by atoms with E-state index in [1.54, 1.807) is 0 Å². The molecule has 1 aromatic heterocycles. The molecule has 0 saturated heterocycles. The second-order valence-electron chi connectivity index (χ2n) is 8.68. The molecule has 0 spiro atoms. The van der Waals surface area contributed by atoms with Gasteiger partial charge in [-0.05, 0) is 54.8 Å². The van der Waals surface area contributed by atoms with Gasteiger partial charge in [0.1, 0.15) is 17.1 Å². The topological polar surface area (TPSA) is 107 Å². The average molecular weight is 540 g/mol. The number of methoxy groups -OCH3 is 1. The van der Waals surface area contributed by atoms with Gasteiger partial charge in [0.25, 0.3) is 0 Å². The first-order chi connectivity index (χ1) is 17.8. The van der Waals surface area contributed by atoms with Crippen LogP contribution in [0.1, 0.15) is 37.2 Å². The lowest BCUT2D eigenvalue weighted by atomic mass is 9.94. The quantitative estimate of drug-likeness (QED) is 0.372. The second kappa shape index (κ2) is 8.57. The molecule has 0 radical (unpaired) electrons. The molecular weight excluding hydrogens is 519 g/mol. The van der Waals surface area contributed by atoms with Crippen molar-refractivity contribution in [2.24, 2.45) is 0 Å². The van der Waals surface area contributed by atoms with Crippen molar-refractivity contribution in [3.8, 4) is 28.5 Å². The normalized spacial score (nSPS) is 16.6. The molecule has 1 saturated carbocycles. The van der Waals surface area contributed by atoms with Crippen LogP contribution in [0.2, 0.25) is 0 Å². The van der Waals surface area contributed by atoms with E-state index in [4.69, 9.17) is 4.74 Å². The van der Waals surface area contributed by atoms with E-state index in [0.717, 1.165) is 30.3 Å². The van der Waals surface area contributed by atoms with Gasteiger partial charge in [-0.2, -0.15) is 13.2 Å². The third-order valence-corrected chi connectivity index (χ3v) is 6.29. The minimum Gasteiger partial charge on any atom is -0.496 e. The number of ether oxygens (including phenoxy) is 3. The predicted molar refractivity (Wildman–Crippen MR) is 125 cm³/mol. The van der Waals surface area contributed by atoms with Crippen LogP contribution in [0.5, 0.6) is 17.2 Å². The third kappa shape index (κ3) is 4.44. The number of pyridine rings is 1. The van der Waals surface area contributed by atoms with Gasteiger partial charge in [-0.1, -0.05) is 12.1 Å². The molecule has 2 N–H and O–H groups in total. The number of carbonyl (C=O) groups is 2. The average Bonchev–Trinajstić information content (AvgIpc) is 3.60. The summed E-state index contributed by atoms with van der Waals surface area (Å²) in [5.74, 6) is -2.73. The number of carboxylic acid groups (broad SMARTS) is 1. The molecule has 202 valence electrons. The van der Waals surface area contributed by atoms with Crippen LogP contribution in [0, 0.1) is 0 Å². The zero-order valence-corrected chi connectivity index (χ0v) is 19.4. The Morgan fingerprint density at radius 3 is 2.39 bits per heavy atom. The minimum absolute atomic E-state index is 0. The number of carboxylic acids is 1. The van der Waals surface area contributed by atoms with E-state index in [0.29, 0.717) is 18.4 Å². The summed E-state index contributed by atoms with van der Waals surface area (Å²) >= 11 is 0.